The third-order valence-electron chi connectivity index (χ3n) is 15.5. The number of allylic oxidation sites excluding steroid dienone is 2. The Hall–Kier alpha value is -1.97. The van der Waals surface area contributed by atoms with E-state index in [2.05, 4.69) is 26.0 Å². The van der Waals surface area contributed by atoms with Crippen molar-refractivity contribution in [3.63, 3.8) is 0 Å². The number of carbonyl (C=O) groups excluding carboxylic acids is 2. The summed E-state index contributed by atoms with van der Waals surface area (Å²) in [4.78, 5) is 37.5. The number of nitrogens with zero attached hydrogens (tertiary/aromatic N) is 1. The van der Waals surface area contributed by atoms with E-state index in [1.54, 1.807) is 0 Å². The molecule has 1 N–H and O–H groups in total. The average Bonchev–Trinajstić information content (AvgIpc) is 3.40. The molecule has 0 saturated carbocycles. The third kappa shape index (κ3) is 61.5. The van der Waals surface area contributed by atoms with Crippen molar-refractivity contribution in [3.05, 3.63) is 12.2 Å². The van der Waals surface area contributed by atoms with E-state index in [4.69, 9.17) is 18.9 Å². The number of hydrogen-bond acceptors (Lipinski definition) is 7. The molecular formula is C68H132NO8+. The lowest BCUT2D eigenvalue weighted by Gasteiger charge is -2.25. The summed E-state index contributed by atoms with van der Waals surface area (Å²) >= 11 is 0. The fraction of sp³-hybridized carbons (Fsp3) is 0.926. The topological polar surface area (TPSA) is 108 Å². The molecule has 0 fully saturated rings. The molecule has 0 aliphatic carbocycles. The standard InChI is InChI=1S/C68H131NO8/c1-6-8-10-12-14-16-18-20-22-23-24-25-26-27-28-29-30-31-32-33-34-35-36-37-38-39-40-41-42-43-45-47-49-51-53-55-57-59-66(71)77-64(63-76-68(67(72)73)74-61-60-69(3,4)5)62-75-65(70)58-56-54-52-50-48-46-44-21-19-17-15-13-11-9-7-2/h23-24,64,68H,6-22,25-63H2,1-5H3/p+1/b24-23-. The second-order valence-corrected chi connectivity index (χ2v) is 24.5. The number of quaternary nitrogens is 1. The SMILES string of the molecule is CCCCCCCCCC/C=C\CCCCCCCCCCCCCCCCCCCCCCCCCCCC(=O)OC(COC(=O)CCCCCCCCCCCCCCCCC)COC(OCC[N+](C)(C)C)C(=O)O. The number of esters is 2. The highest BCUT2D eigenvalue weighted by Crippen LogP contribution is 2.19. The Morgan fingerprint density at radius 3 is 0.961 bits per heavy atom. The minimum absolute atomic E-state index is 0.173. The lowest BCUT2D eigenvalue weighted by atomic mass is 10.0. The van der Waals surface area contributed by atoms with Crippen LogP contribution >= 0.6 is 0 Å². The van der Waals surface area contributed by atoms with Gasteiger partial charge >= 0.3 is 17.9 Å². The van der Waals surface area contributed by atoms with Gasteiger partial charge in [-0.25, -0.2) is 4.79 Å². The Balaban J connectivity index is 3.94. The molecule has 0 aromatic heterocycles. The van der Waals surface area contributed by atoms with Crippen LogP contribution in [0.3, 0.4) is 0 Å². The zero-order valence-corrected chi connectivity index (χ0v) is 52.2. The molecule has 9 nitrogen and oxygen atoms in total. The van der Waals surface area contributed by atoms with E-state index < -0.39 is 18.4 Å². The van der Waals surface area contributed by atoms with Crippen molar-refractivity contribution >= 4 is 17.9 Å². The van der Waals surface area contributed by atoms with Crippen LogP contribution in [0, 0.1) is 0 Å². The number of likely N-dealkylation sites (N-methyl/N-ethyl adjacent to an activating group) is 1. The molecule has 0 amide bonds. The minimum Gasteiger partial charge on any atom is -0.477 e. The molecule has 456 valence electrons. The Labute approximate surface area is 478 Å². The van der Waals surface area contributed by atoms with E-state index in [-0.39, 0.29) is 38.2 Å². The first-order valence-corrected chi connectivity index (χ1v) is 33.9. The summed E-state index contributed by atoms with van der Waals surface area (Å²) in [6.07, 6.45) is 69.1. The molecule has 0 aliphatic rings. The van der Waals surface area contributed by atoms with Gasteiger partial charge in [-0.3, -0.25) is 9.59 Å². The van der Waals surface area contributed by atoms with Crippen molar-refractivity contribution in [2.45, 2.75) is 360 Å². The molecule has 77 heavy (non-hydrogen) atoms. The van der Waals surface area contributed by atoms with E-state index in [1.165, 1.54) is 283 Å². The first-order chi connectivity index (χ1) is 37.6. The zero-order chi connectivity index (χ0) is 56.2. The highest BCUT2D eigenvalue weighted by molar-refractivity contribution is 5.71. The monoisotopic (exact) mass is 1090 g/mol. The van der Waals surface area contributed by atoms with Crippen molar-refractivity contribution in [2.75, 3.05) is 47.5 Å². The van der Waals surface area contributed by atoms with Crippen molar-refractivity contribution in [1.82, 2.24) is 0 Å². The maximum Gasteiger partial charge on any atom is 0.361 e. The predicted octanol–water partition coefficient (Wildman–Crippen LogP) is 20.5. The predicted molar refractivity (Wildman–Crippen MR) is 328 cm³/mol. The zero-order valence-electron chi connectivity index (χ0n) is 52.2. The lowest BCUT2D eigenvalue weighted by Crippen LogP contribution is -2.40. The number of carboxylic acid groups (broad SMARTS) is 1. The summed E-state index contributed by atoms with van der Waals surface area (Å²) in [6.45, 7) is 4.94. The molecule has 0 aliphatic heterocycles. The summed E-state index contributed by atoms with van der Waals surface area (Å²) in [5, 5.41) is 9.71. The van der Waals surface area contributed by atoms with Crippen LogP contribution in [0.15, 0.2) is 12.2 Å². The van der Waals surface area contributed by atoms with E-state index in [9.17, 15) is 19.5 Å². The number of ether oxygens (including phenoxy) is 4. The molecule has 0 aromatic rings. The first-order valence-electron chi connectivity index (χ1n) is 33.9. The first kappa shape index (κ1) is 75.0. The van der Waals surface area contributed by atoms with Crippen LogP contribution in [-0.4, -0.2) is 87.4 Å². The molecule has 9 heteroatoms. The highest BCUT2D eigenvalue weighted by atomic mass is 16.7. The molecule has 2 unspecified atom stereocenters. The van der Waals surface area contributed by atoms with E-state index in [1.807, 2.05) is 21.1 Å². The van der Waals surface area contributed by atoms with E-state index >= 15 is 0 Å². The van der Waals surface area contributed by atoms with Gasteiger partial charge in [-0.05, 0) is 38.5 Å². The number of hydrogen-bond donors (Lipinski definition) is 1. The Bertz CT molecular complexity index is 1270. The maximum absolute atomic E-state index is 12.9. The van der Waals surface area contributed by atoms with Gasteiger partial charge in [0.05, 0.1) is 34.4 Å². The number of rotatable bonds is 64. The van der Waals surface area contributed by atoms with Crippen LogP contribution in [-0.2, 0) is 33.3 Å². The van der Waals surface area contributed by atoms with Crippen LogP contribution in [0.5, 0.6) is 0 Å². The van der Waals surface area contributed by atoms with Gasteiger partial charge in [0.2, 0.25) is 0 Å². The van der Waals surface area contributed by atoms with E-state index in [0.717, 1.165) is 38.5 Å². The molecule has 0 spiro atoms. The summed E-state index contributed by atoms with van der Waals surface area (Å²) < 4.78 is 22.9. The van der Waals surface area contributed by atoms with Gasteiger partial charge in [0, 0.05) is 12.8 Å². The van der Waals surface area contributed by atoms with Gasteiger partial charge in [0.1, 0.15) is 13.2 Å². The molecule has 0 rings (SSSR count). The smallest absolute Gasteiger partial charge is 0.361 e. The fourth-order valence-corrected chi connectivity index (χ4v) is 10.3. The normalized spacial score (nSPS) is 12.7. The highest BCUT2D eigenvalue weighted by Gasteiger charge is 2.25. The summed E-state index contributed by atoms with van der Waals surface area (Å²) in [5.74, 6) is -1.97. The molecule has 0 saturated heterocycles. The van der Waals surface area contributed by atoms with Crippen molar-refractivity contribution in [3.8, 4) is 0 Å². The van der Waals surface area contributed by atoms with Crippen molar-refractivity contribution in [2.24, 2.45) is 0 Å². The molecule has 0 radical (unpaired) electrons. The van der Waals surface area contributed by atoms with Gasteiger partial charge in [-0.15, -0.1) is 0 Å². The largest absolute Gasteiger partial charge is 0.477 e. The Kier molecular flexibility index (Phi) is 58.6. The van der Waals surface area contributed by atoms with Crippen LogP contribution in [0.4, 0.5) is 0 Å². The molecule has 0 heterocycles. The fourth-order valence-electron chi connectivity index (χ4n) is 10.3. The Morgan fingerprint density at radius 2 is 0.662 bits per heavy atom. The molecular weight excluding hydrogens is 959 g/mol. The molecule has 0 bridgehead atoms. The molecule has 2 atom stereocenters. The maximum atomic E-state index is 12.9. The van der Waals surface area contributed by atoms with Crippen molar-refractivity contribution < 1.29 is 42.9 Å². The van der Waals surface area contributed by atoms with Crippen LogP contribution in [0.2, 0.25) is 0 Å². The molecule has 0 aromatic carbocycles. The Morgan fingerprint density at radius 1 is 0.377 bits per heavy atom. The summed E-state index contributed by atoms with van der Waals surface area (Å²) in [7, 11) is 5.99. The van der Waals surface area contributed by atoms with Gasteiger partial charge < -0.3 is 28.5 Å². The van der Waals surface area contributed by atoms with Crippen LogP contribution in [0.25, 0.3) is 0 Å². The lowest BCUT2D eigenvalue weighted by molar-refractivity contribution is -0.870. The van der Waals surface area contributed by atoms with Gasteiger partial charge in [0.15, 0.2) is 6.10 Å². The number of carboxylic acids is 1. The van der Waals surface area contributed by atoms with E-state index in [0.29, 0.717) is 17.4 Å². The second-order valence-electron chi connectivity index (χ2n) is 24.5. The number of unbranched alkanes of at least 4 members (excludes halogenated alkanes) is 47. The van der Waals surface area contributed by atoms with Crippen LogP contribution in [0.1, 0.15) is 348 Å². The third-order valence-corrected chi connectivity index (χ3v) is 15.5. The number of carbonyl (C=O) groups is 3. The van der Waals surface area contributed by atoms with Crippen LogP contribution < -0.4 is 0 Å². The summed E-state index contributed by atoms with van der Waals surface area (Å²) in [5.41, 5.74) is 0. The van der Waals surface area contributed by atoms with Crippen molar-refractivity contribution in [1.29, 1.82) is 0 Å². The second kappa shape index (κ2) is 60.1. The minimum atomic E-state index is -1.50. The average molecular weight is 1090 g/mol. The summed E-state index contributed by atoms with van der Waals surface area (Å²) in [6, 6.07) is 0. The quantitative estimate of drug-likeness (QED) is 0.0211. The van der Waals surface area contributed by atoms with Gasteiger partial charge in [0.25, 0.3) is 6.29 Å². The van der Waals surface area contributed by atoms with Gasteiger partial charge in [-0.1, -0.05) is 309 Å². The number of aliphatic carboxylic acids is 1. The van der Waals surface area contributed by atoms with Gasteiger partial charge in [-0.2, -0.15) is 0 Å².